The molecule has 1 aliphatic carbocycles. The number of halogens is 5. The Balaban J connectivity index is 0.666. The minimum absolute atomic E-state index is 0.0122. The van der Waals surface area contributed by atoms with Gasteiger partial charge in [-0.2, -0.15) is 15.2 Å². The predicted octanol–water partition coefficient (Wildman–Crippen LogP) is 8.68. The van der Waals surface area contributed by atoms with Crippen molar-refractivity contribution in [2.75, 3.05) is 69.7 Å². The van der Waals surface area contributed by atoms with Gasteiger partial charge in [-0.3, -0.25) is 14.5 Å². The standard InChI is InChI=1S/C62H60ClF4N11O8S/c1-5-62(83)39-19-45-51-37(25-78(45)57(80)38(39)27-84-58(62)81)49-43(11-9-33-31(4)42(66)20-44(72-51)48(33)49)70-13-7-14-71-60(82)85-26-29(2)56(79)75-16-17-77(30(3)23-75)55-35-18-40(63)47(34-8-10-41(65)53-46(34)36(22-68)54(69)87-53)50(67)52(35)73-59(74-55)86-28-61-12-6-15-76(61)24-32(64)21-61/h8,10,18-20,30,32,43,70,83H,2,5-7,9,11-17,21,23-28,69H2,1,3-4H3,(H,71,82)/t30-,32+,43-,61-,62-/m0/s1. The zero-order chi connectivity index (χ0) is 61.1. The highest BCUT2D eigenvalue weighted by atomic mass is 35.5. The van der Waals surface area contributed by atoms with Crippen molar-refractivity contribution in [3.63, 3.8) is 0 Å². The number of piperazine rings is 1. The van der Waals surface area contributed by atoms with E-state index in [0.29, 0.717) is 61.2 Å². The van der Waals surface area contributed by atoms with E-state index in [1.54, 1.807) is 29.4 Å². The smallest absolute Gasteiger partial charge is 0.407 e. The second-order valence-electron chi connectivity index (χ2n) is 23.5. The van der Waals surface area contributed by atoms with E-state index in [-0.39, 0.29) is 148 Å². The van der Waals surface area contributed by atoms with Gasteiger partial charge >= 0.3 is 18.1 Å². The van der Waals surface area contributed by atoms with Crippen LogP contribution in [0.15, 0.2) is 47.3 Å². The van der Waals surface area contributed by atoms with Crippen molar-refractivity contribution in [1.29, 1.82) is 5.26 Å². The number of alkyl carbamates (subject to hydrolysis) is 1. The first kappa shape index (κ1) is 58.1. The van der Waals surface area contributed by atoms with Crippen molar-refractivity contribution >= 4 is 83.6 Å². The first-order valence-corrected chi connectivity index (χ1v) is 30.2. The number of amides is 2. The molecule has 3 saturated heterocycles. The summed E-state index contributed by atoms with van der Waals surface area (Å²) in [5, 5.41) is 29.0. The lowest BCUT2D eigenvalue weighted by molar-refractivity contribution is -0.172. The van der Waals surface area contributed by atoms with Gasteiger partial charge in [-0.05, 0) is 106 Å². The maximum atomic E-state index is 17.5. The molecule has 0 bridgehead atoms. The number of esters is 1. The monoisotopic (exact) mass is 1230 g/mol. The normalized spacial score (nSPS) is 22.1. The average molecular weight is 1230 g/mol. The molecule has 6 aliphatic rings. The third kappa shape index (κ3) is 9.49. The molecule has 0 spiro atoms. The van der Waals surface area contributed by atoms with E-state index in [9.17, 15) is 33.9 Å². The Labute approximate surface area is 504 Å². The molecular formula is C62H60ClF4N11O8S. The van der Waals surface area contributed by atoms with E-state index in [4.69, 9.17) is 41.5 Å². The van der Waals surface area contributed by atoms with Crippen LogP contribution in [0.2, 0.25) is 5.02 Å². The minimum Gasteiger partial charge on any atom is -0.461 e. The summed E-state index contributed by atoms with van der Waals surface area (Å²) in [6, 6.07) is 8.22. The second-order valence-corrected chi connectivity index (χ2v) is 25.0. The van der Waals surface area contributed by atoms with Crippen LogP contribution in [0.3, 0.4) is 0 Å². The zero-order valence-corrected chi connectivity index (χ0v) is 49.4. The first-order chi connectivity index (χ1) is 41.7. The number of cyclic esters (lactones) is 1. The number of aliphatic hydroxyl groups is 1. The van der Waals surface area contributed by atoms with Gasteiger partial charge in [-0.15, -0.1) is 11.3 Å². The number of anilines is 2. The number of pyridine rings is 2. The van der Waals surface area contributed by atoms with Gasteiger partial charge in [0.25, 0.3) is 11.5 Å². The number of aromatic nitrogens is 4. The predicted molar refractivity (Wildman–Crippen MR) is 318 cm³/mol. The zero-order valence-electron chi connectivity index (χ0n) is 47.8. The maximum absolute atomic E-state index is 17.5. The Hall–Kier alpha value is -7.95. The molecule has 25 heteroatoms. The fourth-order valence-corrected chi connectivity index (χ4v) is 15.3. The highest BCUT2D eigenvalue weighted by Crippen LogP contribution is 2.49. The van der Waals surface area contributed by atoms with E-state index < -0.39 is 70.9 Å². The van der Waals surface area contributed by atoms with Gasteiger partial charge in [0.15, 0.2) is 11.4 Å². The van der Waals surface area contributed by atoms with Crippen LogP contribution in [-0.4, -0.2) is 129 Å². The third-order valence-electron chi connectivity index (χ3n) is 18.5. The molecule has 3 aromatic carbocycles. The largest absolute Gasteiger partial charge is 0.461 e. The number of thiophene rings is 1. The summed E-state index contributed by atoms with van der Waals surface area (Å²) in [6.45, 7) is 10.9. The van der Waals surface area contributed by atoms with Crippen molar-refractivity contribution in [3.05, 3.63) is 114 Å². The lowest BCUT2D eigenvalue weighted by Crippen LogP contribution is -2.54. The van der Waals surface area contributed by atoms with Crippen molar-refractivity contribution < 1.29 is 51.3 Å². The molecule has 3 fully saturated rings. The molecule has 0 unspecified atom stereocenters. The van der Waals surface area contributed by atoms with Crippen LogP contribution in [0, 0.1) is 35.7 Å². The van der Waals surface area contributed by atoms with Gasteiger partial charge in [-0.25, -0.2) is 32.1 Å². The second kappa shape index (κ2) is 22.0. The number of alkyl halides is 1. The summed E-state index contributed by atoms with van der Waals surface area (Å²) in [7, 11) is 0. The highest BCUT2D eigenvalue weighted by Gasteiger charge is 2.50. The number of carbonyl (C=O) groups excluding carboxylic acids is 3. The van der Waals surface area contributed by atoms with Gasteiger partial charge < -0.3 is 50.1 Å². The van der Waals surface area contributed by atoms with Crippen LogP contribution in [-0.2, 0) is 44.2 Å². The number of hydrogen-bond donors (Lipinski definition) is 4. The van der Waals surface area contributed by atoms with E-state index in [2.05, 4.69) is 27.1 Å². The number of rotatable bonds is 14. The molecular weight excluding hydrogens is 1170 g/mol. The SMILES string of the molecule is C=C(COC(=O)NCCCN[C@H]1CCc2c(C)c(F)cc3nc4c(c1c23)Cn1c-4cc2c(c1=O)COC(=O)[C@]2(O)CC)C(=O)N1CCN(c2nc(OC[C@@]34CCCN3C[C@H](F)C4)nc3c(F)c(-c4ccc(F)c5sc(N)c(C#N)c45)c(Cl)cc23)[C@@H](C)C1. The molecule has 87 heavy (non-hydrogen) atoms. The molecule has 7 aromatic rings. The summed E-state index contributed by atoms with van der Waals surface area (Å²) < 4.78 is 81.7. The number of carbonyl (C=O) groups is 3. The molecule has 19 nitrogen and oxygen atoms in total. The number of benzene rings is 3. The molecule has 5 aliphatic heterocycles. The number of hydrogen-bond acceptors (Lipinski definition) is 17. The first-order valence-electron chi connectivity index (χ1n) is 29.1. The van der Waals surface area contributed by atoms with E-state index in [1.807, 2.05) is 17.9 Å². The number of nitriles is 1. The number of nitrogens with zero attached hydrogens (tertiary/aromatic N) is 8. The van der Waals surface area contributed by atoms with Gasteiger partial charge in [0.05, 0.1) is 49.8 Å². The topological polar surface area (TPSA) is 243 Å². The van der Waals surface area contributed by atoms with Crippen LogP contribution in [0.25, 0.3) is 54.4 Å². The minimum atomic E-state index is -2.01. The number of fused-ring (bicyclic) bond motifs is 8. The number of aryl methyl sites for hydroxylation is 1. The third-order valence-corrected chi connectivity index (χ3v) is 19.9. The summed E-state index contributed by atoms with van der Waals surface area (Å²) in [5.74, 6) is -2.94. The van der Waals surface area contributed by atoms with Gasteiger partial charge in [0, 0.05) is 95.7 Å². The van der Waals surface area contributed by atoms with E-state index in [0.717, 1.165) is 45.9 Å². The number of nitrogens with two attached hydrogens (primary N) is 1. The average Bonchev–Trinajstić information content (AvgIpc) is 1.68. The Morgan fingerprint density at radius 2 is 1.87 bits per heavy atom. The molecule has 5 atom stereocenters. The summed E-state index contributed by atoms with van der Waals surface area (Å²) in [5.41, 5.74) is 7.73. The fourth-order valence-electron chi connectivity index (χ4n) is 14.1. The summed E-state index contributed by atoms with van der Waals surface area (Å²) in [6.07, 6.45) is 1.66. The van der Waals surface area contributed by atoms with Crippen molar-refractivity contribution in [3.8, 4) is 34.6 Å². The van der Waals surface area contributed by atoms with E-state index >= 15 is 13.2 Å². The lowest BCUT2D eigenvalue weighted by Gasteiger charge is -2.41. The van der Waals surface area contributed by atoms with Gasteiger partial charge in [0.1, 0.15) is 60.0 Å². The molecule has 0 saturated carbocycles. The van der Waals surface area contributed by atoms with Crippen molar-refractivity contribution in [2.24, 2.45) is 0 Å². The maximum Gasteiger partial charge on any atom is 0.407 e. The van der Waals surface area contributed by atoms with Crippen LogP contribution in [0.1, 0.15) is 97.4 Å². The molecule has 5 N–H and O–H groups in total. The van der Waals surface area contributed by atoms with Gasteiger partial charge in [-0.1, -0.05) is 31.2 Å². The Morgan fingerprint density at radius 1 is 1.06 bits per heavy atom. The summed E-state index contributed by atoms with van der Waals surface area (Å²) in [4.78, 5) is 73.7. The van der Waals surface area contributed by atoms with E-state index in [1.165, 1.54) is 18.2 Å². The Kier molecular flexibility index (Phi) is 14.7. The quantitative estimate of drug-likeness (QED) is 0.0344. The molecule has 452 valence electrons. The fraction of sp³-hybridized carbons (Fsp3) is 0.419. The molecule has 4 aromatic heterocycles. The molecule has 9 heterocycles. The number of nitrogen functional groups attached to an aromatic ring is 1. The highest BCUT2D eigenvalue weighted by molar-refractivity contribution is 7.23. The van der Waals surface area contributed by atoms with Crippen molar-refractivity contribution in [2.45, 2.75) is 108 Å². The van der Waals surface area contributed by atoms with Crippen LogP contribution in [0.4, 0.5) is 33.2 Å². The molecule has 0 radical (unpaired) electrons. The summed E-state index contributed by atoms with van der Waals surface area (Å²) >= 11 is 7.85. The van der Waals surface area contributed by atoms with Crippen molar-refractivity contribution in [1.82, 2.24) is 40.0 Å². The van der Waals surface area contributed by atoms with Crippen LogP contribution >= 0.6 is 22.9 Å². The number of nitrogens with one attached hydrogen (secondary N) is 2. The Bertz CT molecular complexity index is 4250. The number of ether oxygens (including phenoxy) is 3. The van der Waals surface area contributed by atoms with Gasteiger partial charge in [0.2, 0.25) is 0 Å². The lowest BCUT2D eigenvalue weighted by atomic mass is 9.81. The molecule has 13 rings (SSSR count). The Morgan fingerprint density at radius 3 is 2.66 bits per heavy atom. The van der Waals surface area contributed by atoms with Crippen LogP contribution < -0.4 is 31.6 Å². The molecule has 2 amide bonds. The van der Waals surface area contributed by atoms with Crippen LogP contribution in [0.5, 0.6) is 6.01 Å².